The van der Waals surface area contributed by atoms with Crippen LogP contribution in [-0.2, 0) is 24.6 Å². The molecule has 370 valence electrons. The number of hydrogen-bond donors (Lipinski definition) is 4. The van der Waals surface area contributed by atoms with Gasteiger partial charge in [0, 0.05) is 29.5 Å². The minimum atomic E-state index is -3.19. The Morgan fingerprint density at radius 2 is 1.45 bits per heavy atom. The summed E-state index contributed by atoms with van der Waals surface area (Å²) in [4.78, 5) is 69.7. The Hall–Kier alpha value is -6.40. The van der Waals surface area contributed by atoms with Crippen LogP contribution in [0.1, 0.15) is 108 Å². The summed E-state index contributed by atoms with van der Waals surface area (Å²) in [6.07, 6.45) is 4.98. The molecule has 0 radical (unpaired) electrons. The van der Waals surface area contributed by atoms with Crippen molar-refractivity contribution in [3.05, 3.63) is 77.1 Å². The van der Waals surface area contributed by atoms with E-state index in [9.17, 15) is 19.2 Å². The van der Waals surface area contributed by atoms with Gasteiger partial charge < -0.3 is 44.6 Å². The molecule has 4 aliphatic rings. The van der Waals surface area contributed by atoms with Gasteiger partial charge in [0.2, 0.25) is 11.8 Å². The van der Waals surface area contributed by atoms with Crippen LogP contribution in [0.5, 0.6) is 5.75 Å². The third-order valence-corrected chi connectivity index (χ3v) is 14.5. The molecule has 69 heavy (non-hydrogen) atoms. The van der Waals surface area contributed by atoms with Crippen LogP contribution in [0.3, 0.4) is 0 Å². The van der Waals surface area contributed by atoms with Crippen LogP contribution in [0.25, 0.3) is 34.2 Å². The highest BCUT2D eigenvalue weighted by Gasteiger charge is 2.78. The van der Waals surface area contributed by atoms with E-state index in [4.69, 9.17) is 9.47 Å². The van der Waals surface area contributed by atoms with E-state index in [1.807, 2.05) is 43.3 Å². The van der Waals surface area contributed by atoms with Gasteiger partial charge >= 0.3 is 12.2 Å². The minimum absolute atomic E-state index is 0.0177. The zero-order chi connectivity index (χ0) is 50.0. The summed E-state index contributed by atoms with van der Waals surface area (Å²) in [5, 5.41) is 5.01. The molecule has 0 unspecified atom stereocenters. The highest BCUT2D eigenvalue weighted by molar-refractivity contribution is 5.89. The molecule has 1 aliphatic carbocycles. The minimum Gasteiger partial charge on any atom is -0.486 e. The number of alkyl carbamates (subject to hydrolysis) is 2. The number of H-pyrrole nitrogens is 2. The lowest BCUT2D eigenvalue weighted by molar-refractivity contribution is -0.139. The van der Waals surface area contributed by atoms with E-state index in [0.717, 1.165) is 39.8 Å². The highest BCUT2D eigenvalue weighted by Crippen LogP contribution is 2.67. The molecule has 15 nitrogen and oxygen atoms in total. The second-order valence-corrected chi connectivity index (χ2v) is 19.6. The van der Waals surface area contributed by atoms with Crippen molar-refractivity contribution in [1.29, 1.82) is 0 Å². The Morgan fingerprint density at radius 3 is 2.07 bits per heavy atom. The summed E-state index contributed by atoms with van der Waals surface area (Å²) in [6, 6.07) is 8.40. The van der Waals surface area contributed by atoms with Crippen LogP contribution in [0.15, 0.2) is 48.8 Å². The number of likely N-dealkylation sites (tertiary alicyclic amines) is 2. The van der Waals surface area contributed by atoms with Crippen LogP contribution in [0.4, 0.5) is 27.2 Å². The van der Waals surface area contributed by atoms with E-state index in [0.29, 0.717) is 42.0 Å². The maximum atomic E-state index is 15.5. The fraction of sp³-hybridized carbons (Fsp3) is 0.520. The topological polar surface area (TPSA) is 184 Å². The number of carbonyl (C=O) groups excluding carboxylic acids is 4. The molecule has 4 aromatic rings. The molecule has 8 rings (SSSR count). The average molecular weight is 961 g/mol. The Morgan fingerprint density at radius 1 is 0.841 bits per heavy atom. The largest absolute Gasteiger partial charge is 0.486 e. The smallest absolute Gasteiger partial charge is 0.407 e. The number of fused-ring (bicyclic) bond motifs is 2. The van der Waals surface area contributed by atoms with Gasteiger partial charge in [0.05, 0.1) is 63.1 Å². The van der Waals surface area contributed by atoms with Crippen LogP contribution < -0.4 is 15.4 Å². The lowest BCUT2D eigenvalue weighted by Crippen LogP contribution is -2.54. The highest BCUT2D eigenvalue weighted by atomic mass is 19.3. The number of benzene rings is 2. The lowest BCUT2D eigenvalue weighted by atomic mass is 9.82. The molecule has 3 aliphatic heterocycles. The standard InChI is InChI=1S/C50H60F4N8O7/c1-10-47(11-2)19-32(33-15-14-30(18-37(33)69-47)34-22-55-41(57-34)36-20-48(51,52)24-61(36)42(63)39(26(3)4)59-45(65)67-8)17-31-16-29(13-12-28(31)7)35-23-56-44(58-35)49-21-38(49)50(53,54)25-62(49)43(64)40(27(5)6)60-46(66)68-9/h12-18,22-23,26-27,36,38-40H,10-11,19-21,24-25H2,1-9H3,(H,55,57)(H,56,58)(H,59,65)(H,60,66)/b32-17+/t36-,38-,39-,40-,49+/m0/s1. The number of imidazole rings is 2. The fourth-order valence-corrected chi connectivity index (χ4v) is 10.2. The number of piperidine rings is 1. The van der Waals surface area contributed by atoms with Crippen molar-refractivity contribution < 1.29 is 51.0 Å². The Kier molecular flexibility index (Phi) is 12.9. The first-order chi connectivity index (χ1) is 32.6. The van der Waals surface area contributed by atoms with Gasteiger partial charge in [-0.15, -0.1) is 0 Å². The number of aromatic nitrogens is 4. The van der Waals surface area contributed by atoms with Crippen LogP contribution >= 0.6 is 0 Å². The number of aromatic amines is 2. The van der Waals surface area contributed by atoms with Gasteiger partial charge in [-0.25, -0.2) is 37.1 Å². The van der Waals surface area contributed by atoms with Crippen molar-refractivity contribution >= 4 is 35.6 Å². The van der Waals surface area contributed by atoms with E-state index in [-0.39, 0.29) is 18.1 Å². The quantitative estimate of drug-likeness (QED) is 0.0950. The number of rotatable bonds is 13. The van der Waals surface area contributed by atoms with Crippen molar-refractivity contribution in [2.45, 2.75) is 122 Å². The number of hydrogen-bond acceptors (Lipinski definition) is 9. The maximum absolute atomic E-state index is 15.5. The van der Waals surface area contributed by atoms with Gasteiger partial charge in [0.15, 0.2) is 0 Å². The van der Waals surface area contributed by atoms with Crippen molar-refractivity contribution in [3.8, 4) is 28.3 Å². The lowest BCUT2D eigenvalue weighted by Gasteiger charge is -2.39. The molecule has 5 heterocycles. The second kappa shape index (κ2) is 18.2. The number of nitrogens with one attached hydrogen (secondary N) is 4. The number of nitrogens with zero attached hydrogens (tertiary/aromatic N) is 4. The van der Waals surface area contributed by atoms with E-state index in [1.165, 1.54) is 12.0 Å². The number of aryl methyl sites for hydroxylation is 1. The molecule has 19 heteroatoms. The van der Waals surface area contributed by atoms with Crippen LogP contribution in [0, 0.1) is 24.7 Å². The summed E-state index contributed by atoms with van der Waals surface area (Å²) in [5.74, 6) is -8.53. The van der Waals surface area contributed by atoms with Gasteiger partial charge in [0.25, 0.3) is 11.8 Å². The average Bonchev–Trinajstić information content (AvgIpc) is 3.67. The monoisotopic (exact) mass is 960 g/mol. The Balaban J connectivity index is 1.08. The number of amides is 4. The number of carbonyl (C=O) groups is 4. The van der Waals surface area contributed by atoms with Crippen LogP contribution in [-0.4, -0.2) is 111 Å². The molecular formula is C50H60F4N8O7. The molecular weight excluding hydrogens is 901 g/mol. The first-order valence-corrected chi connectivity index (χ1v) is 23.4. The van der Waals surface area contributed by atoms with Gasteiger partial charge in [-0.3, -0.25) is 9.59 Å². The molecule has 4 N–H and O–H groups in total. The molecule has 3 fully saturated rings. The van der Waals surface area contributed by atoms with Gasteiger partial charge in [-0.05, 0) is 66.9 Å². The third kappa shape index (κ3) is 9.04. The molecule has 2 saturated heterocycles. The molecule has 0 bridgehead atoms. The zero-order valence-electron chi connectivity index (χ0n) is 40.3. The number of ether oxygens (including phenoxy) is 3. The maximum Gasteiger partial charge on any atom is 0.407 e. The van der Waals surface area contributed by atoms with Crippen molar-refractivity contribution in [2.24, 2.45) is 17.8 Å². The summed E-state index contributed by atoms with van der Waals surface area (Å²) in [7, 11) is 2.33. The number of alkyl halides is 4. The normalized spacial score (nSPS) is 23.3. The first kappa shape index (κ1) is 49.0. The van der Waals surface area contributed by atoms with E-state index >= 15 is 17.6 Å². The molecule has 4 amide bonds. The van der Waals surface area contributed by atoms with Crippen LogP contribution in [0.2, 0.25) is 0 Å². The number of halogens is 4. The second-order valence-electron chi connectivity index (χ2n) is 19.6. The summed E-state index contributed by atoms with van der Waals surface area (Å²) >= 11 is 0. The predicted octanol–water partition coefficient (Wildman–Crippen LogP) is 9.02. The molecule has 5 atom stereocenters. The molecule has 2 aromatic carbocycles. The van der Waals surface area contributed by atoms with Gasteiger partial charge in [-0.1, -0.05) is 71.9 Å². The van der Waals surface area contributed by atoms with Gasteiger partial charge in [-0.2, -0.15) is 0 Å². The Bertz CT molecular complexity index is 2680. The molecule has 1 saturated carbocycles. The van der Waals surface area contributed by atoms with E-state index in [2.05, 4.69) is 55.2 Å². The summed E-state index contributed by atoms with van der Waals surface area (Å²) in [5.41, 5.74) is 4.42. The molecule has 2 aromatic heterocycles. The van der Waals surface area contributed by atoms with E-state index < -0.39 is 102 Å². The predicted molar refractivity (Wildman–Crippen MR) is 248 cm³/mol. The van der Waals surface area contributed by atoms with Crippen molar-refractivity contribution in [1.82, 2.24) is 40.4 Å². The fourth-order valence-electron chi connectivity index (χ4n) is 10.2. The number of methoxy groups -OCH3 is 2. The van der Waals surface area contributed by atoms with Crippen molar-refractivity contribution in [3.63, 3.8) is 0 Å². The Labute approximate surface area is 398 Å². The summed E-state index contributed by atoms with van der Waals surface area (Å²) in [6.45, 7) is 11.4. The summed E-state index contributed by atoms with van der Waals surface area (Å²) < 4.78 is 77.3. The van der Waals surface area contributed by atoms with Gasteiger partial charge in [0.1, 0.15) is 40.6 Å². The SMILES string of the molecule is CCC1(CC)C/C(=C\c2cc(-c3cnc([C@@]45C[C@@H]4C(F)(F)CN5C(=O)[C@@H](NC(=O)OC)C(C)C)[nH]3)ccc2C)c2ccc(-c3cnc([C@@H]4CC(F)(F)CN4C(=O)[C@@H](NC(=O)OC)C(C)C)[nH]3)cc2O1. The first-order valence-electron chi connectivity index (χ1n) is 23.4. The third-order valence-electron chi connectivity index (χ3n) is 14.5. The van der Waals surface area contributed by atoms with E-state index in [1.54, 1.807) is 40.1 Å². The van der Waals surface area contributed by atoms with Crippen molar-refractivity contribution in [2.75, 3.05) is 27.3 Å². The molecule has 0 spiro atoms. The zero-order valence-corrected chi connectivity index (χ0v) is 40.3.